The monoisotopic (exact) mass is 260 g/mol. The van der Waals surface area contributed by atoms with Crippen molar-refractivity contribution in [2.24, 2.45) is 17.6 Å². The van der Waals surface area contributed by atoms with Crippen molar-refractivity contribution >= 4 is 5.91 Å². The first-order valence-corrected chi connectivity index (χ1v) is 7.22. The molecule has 1 saturated carbocycles. The van der Waals surface area contributed by atoms with E-state index in [1.165, 1.54) is 5.56 Å². The molecule has 0 heterocycles. The number of amides is 1. The summed E-state index contributed by atoms with van der Waals surface area (Å²) < 4.78 is 0. The van der Waals surface area contributed by atoms with Crippen molar-refractivity contribution in [1.29, 1.82) is 0 Å². The van der Waals surface area contributed by atoms with Gasteiger partial charge in [0.2, 0.25) is 5.91 Å². The molecule has 3 nitrogen and oxygen atoms in total. The minimum absolute atomic E-state index is 0.188. The van der Waals surface area contributed by atoms with Crippen LogP contribution < -0.4 is 11.1 Å². The zero-order chi connectivity index (χ0) is 13.7. The van der Waals surface area contributed by atoms with Gasteiger partial charge in [-0.15, -0.1) is 0 Å². The number of rotatable bonds is 4. The smallest absolute Gasteiger partial charge is 0.223 e. The van der Waals surface area contributed by atoms with Crippen LogP contribution in [0.25, 0.3) is 0 Å². The molecule has 0 unspecified atom stereocenters. The summed E-state index contributed by atoms with van der Waals surface area (Å²) in [6.07, 6.45) is 4.17. The average molecular weight is 260 g/mol. The summed E-state index contributed by atoms with van der Waals surface area (Å²) in [6, 6.07) is 8.30. The minimum Gasteiger partial charge on any atom is -0.352 e. The van der Waals surface area contributed by atoms with Crippen molar-refractivity contribution in [1.82, 2.24) is 5.32 Å². The number of carbonyl (C=O) groups is 1. The summed E-state index contributed by atoms with van der Waals surface area (Å²) in [5.41, 5.74) is 8.08. The van der Waals surface area contributed by atoms with E-state index in [4.69, 9.17) is 5.73 Å². The fourth-order valence-corrected chi connectivity index (χ4v) is 2.70. The number of aryl methyl sites for hydroxylation is 1. The molecule has 1 fully saturated rings. The number of benzene rings is 1. The van der Waals surface area contributed by atoms with E-state index in [2.05, 4.69) is 36.5 Å². The van der Waals surface area contributed by atoms with Crippen LogP contribution in [0.2, 0.25) is 0 Å². The average Bonchev–Trinajstić information content (AvgIpc) is 2.46. The topological polar surface area (TPSA) is 55.1 Å². The molecular formula is C16H24N2O. The van der Waals surface area contributed by atoms with E-state index in [0.717, 1.165) is 37.8 Å². The molecule has 1 aliphatic rings. The number of nitrogens with one attached hydrogen (secondary N) is 1. The molecule has 0 aliphatic heterocycles. The van der Waals surface area contributed by atoms with E-state index >= 15 is 0 Å². The van der Waals surface area contributed by atoms with Gasteiger partial charge in [-0.2, -0.15) is 0 Å². The van der Waals surface area contributed by atoms with E-state index in [1.54, 1.807) is 0 Å². The summed E-state index contributed by atoms with van der Waals surface area (Å²) in [5.74, 6) is 1.02. The number of hydrogen-bond donors (Lipinski definition) is 2. The standard InChI is InChI=1S/C16H24N2O/c1-12-2-4-14(5-3-12)11-18-16(19)15-8-6-13(10-17)7-9-15/h2-5,13,15H,6-11,17H2,1H3,(H,18,19). The van der Waals surface area contributed by atoms with Gasteiger partial charge >= 0.3 is 0 Å². The molecule has 0 atom stereocenters. The lowest BCUT2D eigenvalue weighted by Crippen LogP contribution is -2.33. The summed E-state index contributed by atoms with van der Waals surface area (Å²) in [7, 11) is 0. The van der Waals surface area contributed by atoms with Gasteiger partial charge < -0.3 is 11.1 Å². The van der Waals surface area contributed by atoms with Crippen molar-refractivity contribution in [2.75, 3.05) is 6.54 Å². The molecule has 1 aliphatic carbocycles. The number of carbonyl (C=O) groups excluding carboxylic acids is 1. The van der Waals surface area contributed by atoms with Crippen molar-refractivity contribution in [2.45, 2.75) is 39.2 Å². The number of nitrogens with two attached hydrogens (primary N) is 1. The molecule has 0 aromatic heterocycles. The third-order valence-corrected chi connectivity index (χ3v) is 4.14. The SMILES string of the molecule is Cc1ccc(CNC(=O)C2CCC(CN)CC2)cc1. The Labute approximate surface area is 115 Å². The first kappa shape index (κ1) is 14.1. The minimum atomic E-state index is 0.188. The van der Waals surface area contributed by atoms with E-state index in [-0.39, 0.29) is 11.8 Å². The first-order chi connectivity index (χ1) is 9.19. The summed E-state index contributed by atoms with van der Waals surface area (Å²) in [4.78, 5) is 12.1. The van der Waals surface area contributed by atoms with Crippen LogP contribution in [0.4, 0.5) is 0 Å². The van der Waals surface area contributed by atoms with Gasteiger partial charge in [0.15, 0.2) is 0 Å². The van der Waals surface area contributed by atoms with Gasteiger partial charge in [0.1, 0.15) is 0 Å². The van der Waals surface area contributed by atoms with E-state index in [1.807, 2.05) is 0 Å². The van der Waals surface area contributed by atoms with Gasteiger partial charge in [-0.25, -0.2) is 0 Å². The zero-order valence-electron chi connectivity index (χ0n) is 11.7. The van der Waals surface area contributed by atoms with Gasteiger partial charge in [0.25, 0.3) is 0 Å². The highest BCUT2D eigenvalue weighted by molar-refractivity contribution is 5.78. The van der Waals surface area contributed by atoms with E-state index in [0.29, 0.717) is 12.5 Å². The fraction of sp³-hybridized carbons (Fsp3) is 0.562. The molecule has 1 amide bonds. The van der Waals surface area contributed by atoms with Crippen molar-refractivity contribution < 1.29 is 4.79 Å². The maximum Gasteiger partial charge on any atom is 0.223 e. The predicted molar refractivity (Wildman–Crippen MR) is 77.5 cm³/mol. The van der Waals surface area contributed by atoms with Crippen LogP contribution in [0.1, 0.15) is 36.8 Å². The maximum absolute atomic E-state index is 12.1. The molecule has 0 radical (unpaired) electrons. The maximum atomic E-state index is 12.1. The second-order valence-electron chi connectivity index (χ2n) is 5.66. The van der Waals surface area contributed by atoms with Gasteiger partial charge in [-0.3, -0.25) is 4.79 Å². The Kier molecular flexibility index (Phi) is 4.97. The second kappa shape index (κ2) is 6.71. The Bertz CT molecular complexity index is 405. The first-order valence-electron chi connectivity index (χ1n) is 7.22. The van der Waals surface area contributed by atoms with Crippen molar-refractivity contribution in [3.8, 4) is 0 Å². The third-order valence-electron chi connectivity index (χ3n) is 4.14. The lowest BCUT2D eigenvalue weighted by atomic mass is 9.81. The molecule has 1 aromatic carbocycles. The van der Waals surface area contributed by atoms with Crippen LogP contribution in [-0.2, 0) is 11.3 Å². The van der Waals surface area contributed by atoms with Crippen molar-refractivity contribution in [3.05, 3.63) is 35.4 Å². The normalized spacial score (nSPS) is 23.1. The Morgan fingerprint density at radius 2 is 1.84 bits per heavy atom. The highest BCUT2D eigenvalue weighted by Crippen LogP contribution is 2.28. The van der Waals surface area contributed by atoms with E-state index in [9.17, 15) is 4.79 Å². The fourth-order valence-electron chi connectivity index (χ4n) is 2.70. The third kappa shape index (κ3) is 4.06. The molecule has 104 valence electrons. The van der Waals surface area contributed by atoms with Gasteiger partial charge in [0, 0.05) is 12.5 Å². The molecule has 0 spiro atoms. The molecular weight excluding hydrogens is 236 g/mol. The molecule has 0 bridgehead atoms. The summed E-state index contributed by atoms with van der Waals surface area (Å²) in [6.45, 7) is 3.46. The van der Waals surface area contributed by atoms with Gasteiger partial charge in [0.05, 0.1) is 0 Å². The quantitative estimate of drug-likeness (QED) is 0.873. The van der Waals surface area contributed by atoms with Crippen LogP contribution in [0.3, 0.4) is 0 Å². The van der Waals surface area contributed by atoms with Gasteiger partial charge in [-0.1, -0.05) is 29.8 Å². The van der Waals surface area contributed by atoms with Crippen LogP contribution >= 0.6 is 0 Å². The molecule has 19 heavy (non-hydrogen) atoms. The van der Waals surface area contributed by atoms with Crippen molar-refractivity contribution in [3.63, 3.8) is 0 Å². The number of hydrogen-bond acceptors (Lipinski definition) is 2. The molecule has 2 rings (SSSR count). The molecule has 1 aromatic rings. The van der Waals surface area contributed by atoms with E-state index < -0.39 is 0 Å². The lowest BCUT2D eigenvalue weighted by molar-refractivity contribution is -0.126. The Morgan fingerprint density at radius 1 is 1.21 bits per heavy atom. The Hall–Kier alpha value is -1.35. The van der Waals surface area contributed by atoms with Gasteiger partial charge in [-0.05, 0) is 50.6 Å². The molecule has 3 heteroatoms. The summed E-state index contributed by atoms with van der Waals surface area (Å²) in [5, 5.41) is 3.05. The van der Waals surface area contributed by atoms with Crippen LogP contribution in [0, 0.1) is 18.8 Å². The summed E-state index contributed by atoms with van der Waals surface area (Å²) >= 11 is 0. The second-order valence-corrected chi connectivity index (χ2v) is 5.66. The largest absolute Gasteiger partial charge is 0.352 e. The lowest BCUT2D eigenvalue weighted by Gasteiger charge is -2.26. The Balaban J connectivity index is 1.77. The zero-order valence-corrected chi connectivity index (χ0v) is 11.7. The highest BCUT2D eigenvalue weighted by atomic mass is 16.1. The van der Waals surface area contributed by atoms with Crippen LogP contribution in [-0.4, -0.2) is 12.5 Å². The predicted octanol–water partition coefficient (Wildman–Crippen LogP) is 2.38. The Morgan fingerprint density at radius 3 is 2.42 bits per heavy atom. The van der Waals surface area contributed by atoms with Crippen LogP contribution in [0.5, 0.6) is 0 Å². The molecule has 3 N–H and O–H groups in total. The highest BCUT2D eigenvalue weighted by Gasteiger charge is 2.25. The van der Waals surface area contributed by atoms with Crippen LogP contribution in [0.15, 0.2) is 24.3 Å². The molecule has 0 saturated heterocycles.